The summed E-state index contributed by atoms with van der Waals surface area (Å²) < 4.78 is 26.3. The summed E-state index contributed by atoms with van der Waals surface area (Å²) in [5.41, 5.74) is 0.00852. The number of sulfonamides is 1. The van der Waals surface area contributed by atoms with Crippen molar-refractivity contribution in [2.75, 3.05) is 26.2 Å². The van der Waals surface area contributed by atoms with Gasteiger partial charge in [0.1, 0.15) is 0 Å². The number of amides is 2. The van der Waals surface area contributed by atoms with Gasteiger partial charge in [-0.1, -0.05) is 25.4 Å². The Labute approximate surface area is 147 Å². The fourth-order valence-electron chi connectivity index (χ4n) is 2.07. The zero-order chi connectivity index (χ0) is 18.3. The van der Waals surface area contributed by atoms with E-state index in [9.17, 15) is 18.0 Å². The van der Waals surface area contributed by atoms with E-state index in [2.05, 4.69) is 10.6 Å². The Morgan fingerprint density at radius 1 is 1.12 bits per heavy atom. The second-order valence-electron chi connectivity index (χ2n) is 4.87. The topological polar surface area (TPSA) is 95.6 Å². The Bertz CT molecular complexity index is 703. The van der Waals surface area contributed by atoms with Crippen LogP contribution in [0.2, 0.25) is 5.02 Å². The predicted octanol–water partition coefficient (Wildman–Crippen LogP) is 1.24. The Morgan fingerprint density at radius 2 is 1.75 bits per heavy atom. The molecule has 1 aromatic carbocycles. The highest BCUT2D eigenvalue weighted by molar-refractivity contribution is 7.89. The lowest BCUT2D eigenvalue weighted by atomic mass is 10.2. The molecule has 1 aromatic rings. The molecular formula is C15H22ClN3O4S. The van der Waals surface area contributed by atoms with Gasteiger partial charge in [0, 0.05) is 19.6 Å². The first-order valence-electron chi connectivity index (χ1n) is 7.62. The van der Waals surface area contributed by atoms with Crippen LogP contribution in [-0.4, -0.2) is 50.7 Å². The lowest BCUT2D eigenvalue weighted by Gasteiger charge is -2.19. The molecule has 1 rings (SSSR count). The van der Waals surface area contributed by atoms with Gasteiger partial charge < -0.3 is 10.6 Å². The number of carbonyl (C=O) groups excluding carboxylic acids is 2. The minimum Gasteiger partial charge on any atom is -0.355 e. The monoisotopic (exact) mass is 375 g/mol. The van der Waals surface area contributed by atoms with Crippen LogP contribution in [0.15, 0.2) is 23.1 Å². The van der Waals surface area contributed by atoms with E-state index >= 15 is 0 Å². The molecule has 9 heteroatoms. The predicted molar refractivity (Wildman–Crippen MR) is 92.6 cm³/mol. The Kier molecular flexibility index (Phi) is 7.65. The smallest absolute Gasteiger partial charge is 0.253 e. The number of hydrogen-bond acceptors (Lipinski definition) is 4. The number of hydrogen-bond donors (Lipinski definition) is 2. The highest BCUT2D eigenvalue weighted by Crippen LogP contribution is 2.23. The molecule has 0 heterocycles. The maximum Gasteiger partial charge on any atom is 0.253 e. The summed E-state index contributed by atoms with van der Waals surface area (Å²) in [5, 5.41) is 5.07. The standard InChI is InChI=1S/C15H22ClN3O4S/c1-4-17-14(20)10-18-15(21)12-9-11(7-8-13(12)16)24(22,23)19(5-2)6-3/h7-9H,4-6,10H2,1-3H3,(H,17,20)(H,18,21). The van der Waals surface area contributed by atoms with Crippen LogP contribution < -0.4 is 10.6 Å². The van der Waals surface area contributed by atoms with Gasteiger partial charge in [-0.15, -0.1) is 0 Å². The maximum atomic E-state index is 12.5. The number of benzene rings is 1. The number of halogens is 1. The summed E-state index contributed by atoms with van der Waals surface area (Å²) in [6, 6.07) is 3.94. The molecule has 0 unspecified atom stereocenters. The molecule has 2 N–H and O–H groups in total. The average Bonchev–Trinajstić information content (AvgIpc) is 2.54. The Hall–Kier alpha value is -1.64. The van der Waals surface area contributed by atoms with E-state index in [1.165, 1.54) is 22.5 Å². The van der Waals surface area contributed by atoms with Gasteiger partial charge in [0.2, 0.25) is 15.9 Å². The fraction of sp³-hybridized carbons (Fsp3) is 0.467. The summed E-state index contributed by atoms with van der Waals surface area (Å²) in [6.07, 6.45) is 0. The van der Waals surface area contributed by atoms with Crippen LogP contribution in [0.25, 0.3) is 0 Å². The van der Waals surface area contributed by atoms with E-state index in [1.54, 1.807) is 20.8 Å². The van der Waals surface area contributed by atoms with Crippen LogP contribution in [-0.2, 0) is 14.8 Å². The van der Waals surface area contributed by atoms with Crippen molar-refractivity contribution in [2.45, 2.75) is 25.7 Å². The van der Waals surface area contributed by atoms with E-state index in [4.69, 9.17) is 11.6 Å². The number of carbonyl (C=O) groups is 2. The van der Waals surface area contributed by atoms with Gasteiger partial charge >= 0.3 is 0 Å². The molecule has 134 valence electrons. The fourth-order valence-corrected chi connectivity index (χ4v) is 3.76. The van der Waals surface area contributed by atoms with Crippen molar-refractivity contribution < 1.29 is 18.0 Å². The second kappa shape index (κ2) is 9.00. The first-order valence-corrected chi connectivity index (χ1v) is 9.44. The van der Waals surface area contributed by atoms with E-state index in [-0.39, 0.29) is 27.9 Å². The van der Waals surface area contributed by atoms with Gasteiger partial charge in [0.15, 0.2) is 0 Å². The molecular weight excluding hydrogens is 354 g/mol. The zero-order valence-corrected chi connectivity index (χ0v) is 15.5. The van der Waals surface area contributed by atoms with E-state index in [1.807, 2.05) is 0 Å². The van der Waals surface area contributed by atoms with Gasteiger partial charge in [-0.2, -0.15) is 4.31 Å². The molecule has 0 aliphatic carbocycles. The molecule has 24 heavy (non-hydrogen) atoms. The average molecular weight is 376 g/mol. The lowest BCUT2D eigenvalue weighted by molar-refractivity contribution is -0.120. The Morgan fingerprint density at radius 3 is 2.29 bits per heavy atom. The van der Waals surface area contributed by atoms with E-state index < -0.39 is 15.9 Å². The highest BCUT2D eigenvalue weighted by atomic mass is 35.5. The quantitative estimate of drug-likeness (QED) is 0.714. The van der Waals surface area contributed by atoms with Gasteiger partial charge in [0.05, 0.1) is 22.0 Å². The van der Waals surface area contributed by atoms with Crippen molar-refractivity contribution in [2.24, 2.45) is 0 Å². The molecule has 0 radical (unpaired) electrons. The normalized spacial score (nSPS) is 11.4. The van der Waals surface area contributed by atoms with Gasteiger partial charge in [-0.05, 0) is 25.1 Å². The Balaban J connectivity index is 3.06. The van der Waals surface area contributed by atoms with Crippen LogP contribution in [0, 0.1) is 0 Å². The van der Waals surface area contributed by atoms with Crippen molar-refractivity contribution in [3.8, 4) is 0 Å². The summed E-state index contributed by atoms with van der Waals surface area (Å²) in [4.78, 5) is 23.6. The zero-order valence-electron chi connectivity index (χ0n) is 13.9. The highest BCUT2D eigenvalue weighted by Gasteiger charge is 2.23. The van der Waals surface area contributed by atoms with Crippen LogP contribution in [0.1, 0.15) is 31.1 Å². The van der Waals surface area contributed by atoms with Crippen molar-refractivity contribution in [3.05, 3.63) is 28.8 Å². The minimum atomic E-state index is -3.70. The van der Waals surface area contributed by atoms with Gasteiger partial charge in [0.25, 0.3) is 5.91 Å². The molecule has 0 aliphatic heterocycles. The number of nitrogens with zero attached hydrogens (tertiary/aromatic N) is 1. The van der Waals surface area contributed by atoms with Crippen LogP contribution >= 0.6 is 11.6 Å². The molecule has 0 aliphatic rings. The van der Waals surface area contributed by atoms with Crippen molar-refractivity contribution in [3.63, 3.8) is 0 Å². The summed E-state index contributed by atoms with van der Waals surface area (Å²) in [7, 11) is -3.70. The summed E-state index contributed by atoms with van der Waals surface area (Å²) >= 11 is 6.00. The third-order valence-corrected chi connectivity index (χ3v) is 5.68. The molecule has 2 amide bonds. The van der Waals surface area contributed by atoms with Crippen molar-refractivity contribution >= 4 is 33.4 Å². The molecule has 0 spiro atoms. The lowest BCUT2D eigenvalue weighted by Crippen LogP contribution is -2.37. The molecule has 0 saturated carbocycles. The molecule has 0 fully saturated rings. The number of likely N-dealkylation sites (N-methyl/N-ethyl adjacent to an activating group) is 1. The summed E-state index contributed by atoms with van der Waals surface area (Å²) in [5.74, 6) is -0.947. The largest absolute Gasteiger partial charge is 0.355 e. The van der Waals surface area contributed by atoms with Crippen molar-refractivity contribution in [1.82, 2.24) is 14.9 Å². The third-order valence-electron chi connectivity index (χ3n) is 3.31. The maximum absolute atomic E-state index is 12.5. The first kappa shape index (κ1) is 20.4. The number of rotatable bonds is 8. The van der Waals surface area contributed by atoms with Gasteiger partial charge in [-0.3, -0.25) is 9.59 Å². The first-order chi connectivity index (χ1) is 11.3. The van der Waals surface area contributed by atoms with Crippen LogP contribution in [0.5, 0.6) is 0 Å². The summed E-state index contributed by atoms with van der Waals surface area (Å²) in [6.45, 7) is 6.11. The minimum absolute atomic E-state index is 0.00852. The molecule has 0 bridgehead atoms. The SMILES string of the molecule is CCNC(=O)CNC(=O)c1cc(S(=O)(=O)N(CC)CC)ccc1Cl. The van der Waals surface area contributed by atoms with Crippen LogP contribution in [0.4, 0.5) is 0 Å². The van der Waals surface area contributed by atoms with Crippen molar-refractivity contribution in [1.29, 1.82) is 0 Å². The van der Waals surface area contributed by atoms with Crippen LogP contribution in [0.3, 0.4) is 0 Å². The third kappa shape index (κ3) is 4.93. The molecule has 0 saturated heterocycles. The molecule has 0 atom stereocenters. The second-order valence-corrected chi connectivity index (χ2v) is 7.21. The number of nitrogens with one attached hydrogen (secondary N) is 2. The van der Waals surface area contributed by atoms with E-state index in [0.717, 1.165) is 0 Å². The van der Waals surface area contributed by atoms with E-state index in [0.29, 0.717) is 19.6 Å². The molecule has 0 aromatic heterocycles. The molecule has 7 nitrogen and oxygen atoms in total. The van der Waals surface area contributed by atoms with Gasteiger partial charge in [-0.25, -0.2) is 8.42 Å².